The van der Waals surface area contributed by atoms with Crippen LogP contribution in [0.4, 0.5) is 0 Å². The third-order valence-corrected chi connectivity index (χ3v) is 3.05. The van der Waals surface area contributed by atoms with Crippen molar-refractivity contribution < 1.29 is 9.47 Å². The second-order valence-electron chi connectivity index (χ2n) is 4.95. The van der Waals surface area contributed by atoms with Crippen molar-refractivity contribution in [3.05, 3.63) is 24.3 Å². The fraction of sp³-hybridized carbons (Fsp3) is 0.647. The second kappa shape index (κ2) is 11.6. The average molecular weight is 279 g/mol. The lowest BCUT2D eigenvalue weighted by molar-refractivity contribution is 0.267. The number of hydrogen-bond donors (Lipinski definition) is 1. The minimum absolute atomic E-state index is 0.681. The first-order valence-electron chi connectivity index (χ1n) is 7.93. The Morgan fingerprint density at radius 1 is 0.800 bits per heavy atom. The van der Waals surface area contributed by atoms with Gasteiger partial charge in [0.15, 0.2) is 11.5 Å². The Labute approximate surface area is 123 Å². The summed E-state index contributed by atoms with van der Waals surface area (Å²) >= 11 is 0. The summed E-state index contributed by atoms with van der Waals surface area (Å²) in [5.41, 5.74) is 0. The molecule has 1 aromatic carbocycles. The predicted molar refractivity (Wildman–Crippen MR) is 84.7 cm³/mol. The van der Waals surface area contributed by atoms with Crippen LogP contribution in [0.15, 0.2) is 24.3 Å². The van der Waals surface area contributed by atoms with Gasteiger partial charge in [-0.2, -0.15) is 0 Å². The molecule has 1 aromatic rings. The Bertz CT molecular complexity index is 342. The summed E-state index contributed by atoms with van der Waals surface area (Å²) in [6.45, 7) is 7.72. The summed E-state index contributed by atoms with van der Waals surface area (Å²) in [6.07, 6.45) is 6.20. The van der Waals surface area contributed by atoms with Gasteiger partial charge < -0.3 is 14.8 Å². The molecule has 0 aliphatic heterocycles. The summed E-state index contributed by atoms with van der Waals surface area (Å²) in [5, 5.41) is 3.41. The summed E-state index contributed by atoms with van der Waals surface area (Å²) < 4.78 is 11.4. The van der Waals surface area contributed by atoms with Gasteiger partial charge in [0.25, 0.3) is 0 Å². The predicted octanol–water partition coefficient (Wildman–Crippen LogP) is 4.02. The van der Waals surface area contributed by atoms with Crippen LogP contribution in [-0.4, -0.2) is 26.3 Å². The molecule has 3 nitrogen and oxygen atoms in total. The zero-order valence-electron chi connectivity index (χ0n) is 13.0. The van der Waals surface area contributed by atoms with Crippen LogP contribution in [0, 0.1) is 0 Å². The molecule has 0 saturated carbocycles. The maximum absolute atomic E-state index is 5.77. The molecular formula is C17H29NO2. The zero-order chi connectivity index (χ0) is 14.5. The van der Waals surface area contributed by atoms with Gasteiger partial charge in [-0.1, -0.05) is 45.2 Å². The molecule has 0 amide bonds. The van der Waals surface area contributed by atoms with Crippen LogP contribution >= 0.6 is 0 Å². The molecule has 0 heterocycles. The minimum atomic E-state index is 0.681. The van der Waals surface area contributed by atoms with E-state index >= 15 is 0 Å². The van der Waals surface area contributed by atoms with E-state index in [0.717, 1.165) is 37.6 Å². The summed E-state index contributed by atoms with van der Waals surface area (Å²) in [5.74, 6) is 1.69. The number of ether oxygens (including phenoxy) is 2. The smallest absolute Gasteiger partial charge is 0.161 e. The number of para-hydroxylation sites is 2. The number of rotatable bonds is 12. The van der Waals surface area contributed by atoms with Crippen molar-refractivity contribution >= 4 is 0 Å². The van der Waals surface area contributed by atoms with Gasteiger partial charge in [0.2, 0.25) is 0 Å². The monoisotopic (exact) mass is 279 g/mol. The molecule has 0 saturated heterocycles. The van der Waals surface area contributed by atoms with E-state index in [4.69, 9.17) is 9.47 Å². The lowest BCUT2D eigenvalue weighted by atomic mass is 10.2. The molecule has 0 aliphatic rings. The van der Waals surface area contributed by atoms with Crippen molar-refractivity contribution in [2.45, 2.75) is 46.0 Å². The van der Waals surface area contributed by atoms with Gasteiger partial charge in [0.1, 0.15) is 6.61 Å². The Kier molecular flexibility index (Phi) is 9.76. The zero-order valence-corrected chi connectivity index (χ0v) is 13.0. The van der Waals surface area contributed by atoms with Crippen LogP contribution in [0.25, 0.3) is 0 Å². The molecule has 0 aliphatic carbocycles. The van der Waals surface area contributed by atoms with Crippen LogP contribution in [0.1, 0.15) is 46.0 Å². The van der Waals surface area contributed by atoms with Crippen molar-refractivity contribution in [1.82, 2.24) is 5.32 Å². The summed E-state index contributed by atoms with van der Waals surface area (Å²) in [7, 11) is 0. The molecule has 114 valence electrons. The van der Waals surface area contributed by atoms with Crippen LogP contribution in [0.3, 0.4) is 0 Å². The van der Waals surface area contributed by atoms with Crippen LogP contribution in [0.5, 0.6) is 11.5 Å². The Hall–Kier alpha value is -1.22. The Morgan fingerprint density at radius 3 is 2.15 bits per heavy atom. The third-order valence-electron chi connectivity index (χ3n) is 3.05. The first-order valence-corrected chi connectivity index (χ1v) is 7.93. The highest BCUT2D eigenvalue weighted by Gasteiger charge is 2.03. The van der Waals surface area contributed by atoms with Gasteiger partial charge in [-0.3, -0.25) is 0 Å². The van der Waals surface area contributed by atoms with E-state index in [2.05, 4.69) is 19.2 Å². The maximum atomic E-state index is 5.77. The topological polar surface area (TPSA) is 30.5 Å². The first kappa shape index (κ1) is 16.8. The van der Waals surface area contributed by atoms with Crippen molar-refractivity contribution in [2.75, 3.05) is 26.3 Å². The first-order chi connectivity index (χ1) is 9.88. The quantitative estimate of drug-likeness (QED) is 0.586. The fourth-order valence-electron chi connectivity index (χ4n) is 1.94. The molecule has 0 radical (unpaired) electrons. The molecule has 1 rings (SSSR count). The van der Waals surface area contributed by atoms with Crippen molar-refractivity contribution in [3.8, 4) is 11.5 Å². The highest BCUT2D eigenvalue weighted by atomic mass is 16.5. The molecular weight excluding hydrogens is 250 g/mol. The van der Waals surface area contributed by atoms with E-state index in [1.54, 1.807) is 0 Å². The number of nitrogens with one attached hydrogen (secondary N) is 1. The van der Waals surface area contributed by atoms with Crippen LogP contribution in [0.2, 0.25) is 0 Å². The van der Waals surface area contributed by atoms with E-state index in [1.807, 2.05) is 24.3 Å². The van der Waals surface area contributed by atoms with Gasteiger partial charge in [-0.15, -0.1) is 0 Å². The molecule has 0 atom stereocenters. The molecule has 0 unspecified atom stereocenters. The number of hydrogen-bond acceptors (Lipinski definition) is 3. The van der Waals surface area contributed by atoms with Gasteiger partial charge in [-0.25, -0.2) is 0 Å². The fourth-order valence-corrected chi connectivity index (χ4v) is 1.94. The average Bonchev–Trinajstić information content (AvgIpc) is 2.49. The third kappa shape index (κ3) is 7.39. The van der Waals surface area contributed by atoms with E-state index in [9.17, 15) is 0 Å². The maximum Gasteiger partial charge on any atom is 0.161 e. The second-order valence-corrected chi connectivity index (χ2v) is 4.95. The van der Waals surface area contributed by atoms with E-state index < -0.39 is 0 Å². The molecule has 20 heavy (non-hydrogen) atoms. The highest BCUT2D eigenvalue weighted by molar-refractivity contribution is 5.39. The molecule has 0 aromatic heterocycles. The molecule has 0 fully saturated rings. The van der Waals surface area contributed by atoms with Crippen molar-refractivity contribution in [3.63, 3.8) is 0 Å². The van der Waals surface area contributed by atoms with Gasteiger partial charge in [-0.05, 0) is 31.5 Å². The van der Waals surface area contributed by atoms with Gasteiger partial charge >= 0.3 is 0 Å². The Morgan fingerprint density at radius 2 is 1.50 bits per heavy atom. The number of benzene rings is 1. The SMILES string of the molecule is CCCCCCNCCOc1ccccc1OCCC. The standard InChI is InChI=1S/C17H29NO2/c1-3-5-6-9-12-18-13-15-20-17-11-8-7-10-16(17)19-14-4-2/h7-8,10-11,18H,3-6,9,12-15H2,1-2H3. The van der Waals surface area contributed by atoms with E-state index in [1.165, 1.54) is 25.7 Å². The van der Waals surface area contributed by atoms with E-state index in [0.29, 0.717) is 6.61 Å². The largest absolute Gasteiger partial charge is 0.490 e. The Balaban J connectivity index is 2.15. The summed E-state index contributed by atoms with van der Waals surface area (Å²) in [4.78, 5) is 0. The lowest BCUT2D eigenvalue weighted by Gasteiger charge is -2.12. The van der Waals surface area contributed by atoms with E-state index in [-0.39, 0.29) is 0 Å². The molecule has 0 spiro atoms. The highest BCUT2D eigenvalue weighted by Crippen LogP contribution is 2.26. The van der Waals surface area contributed by atoms with Gasteiger partial charge in [0.05, 0.1) is 6.61 Å². The lowest BCUT2D eigenvalue weighted by Crippen LogP contribution is -2.22. The molecule has 0 bridgehead atoms. The molecule has 1 N–H and O–H groups in total. The van der Waals surface area contributed by atoms with Crippen molar-refractivity contribution in [2.24, 2.45) is 0 Å². The van der Waals surface area contributed by atoms with Crippen LogP contribution < -0.4 is 14.8 Å². The van der Waals surface area contributed by atoms with Gasteiger partial charge in [0, 0.05) is 6.54 Å². The van der Waals surface area contributed by atoms with Crippen LogP contribution in [-0.2, 0) is 0 Å². The minimum Gasteiger partial charge on any atom is -0.490 e. The normalized spacial score (nSPS) is 10.5. The molecule has 3 heteroatoms. The summed E-state index contributed by atoms with van der Waals surface area (Å²) in [6, 6.07) is 7.88. The number of unbranched alkanes of at least 4 members (excludes halogenated alkanes) is 3. The van der Waals surface area contributed by atoms with Crippen molar-refractivity contribution in [1.29, 1.82) is 0 Å².